The molecule has 118 valence electrons. The van der Waals surface area contributed by atoms with Crippen LogP contribution in [0.25, 0.3) is 0 Å². The number of nitrogens with one attached hydrogen (secondary N) is 2. The topological polar surface area (TPSA) is 84.5 Å². The number of methoxy groups -OCH3 is 1. The summed E-state index contributed by atoms with van der Waals surface area (Å²) in [6.45, 7) is 0. The van der Waals surface area contributed by atoms with Crippen molar-refractivity contribution in [3.05, 3.63) is 59.1 Å². The summed E-state index contributed by atoms with van der Waals surface area (Å²) in [7, 11) is 1.25. The Morgan fingerprint density at radius 2 is 1.65 bits per heavy atom. The first kappa shape index (κ1) is 16.5. The maximum absolute atomic E-state index is 11.9. The highest BCUT2D eigenvalue weighted by Crippen LogP contribution is 2.20. The zero-order chi connectivity index (χ0) is 16.8. The predicted molar refractivity (Wildman–Crippen MR) is 86.5 cm³/mol. The minimum Gasteiger partial charge on any atom is -0.465 e. The molecule has 0 aliphatic carbocycles. The van der Waals surface area contributed by atoms with Crippen LogP contribution in [0.1, 0.15) is 10.4 Å². The molecule has 0 fully saturated rings. The summed E-state index contributed by atoms with van der Waals surface area (Å²) in [5, 5.41) is 5.12. The Bertz CT molecular complexity index is 761. The van der Waals surface area contributed by atoms with Crippen LogP contribution in [0.2, 0.25) is 5.02 Å². The normalized spacial score (nSPS) is 9.83. The number of halogens is 1. The predicted octanol–water partition coefficient (Wildman–Crippen LogP) is 2.70. The van der Waals surface area contributed by atoms with Crippen LogP contribution in [0, 0.1) is 0 Å². The first-order valence-electron chi connectivity index (χ1n) is 6.56. The fraction of sp³-hybridized carbons (Fsp3) is 0.0625. The minimum absolute atomic E-state index is 0.261. The molecule has 0 unspecified atom stereocenters. The number of benzene rings is 2. The third-order valence-electron chi connectivity index (χ3n) is 2.87. The van der Waals surface area contributed by atoms with Crippen molar-refractivity contribution in [2.45, 2.75) is 0 Å². The second-order valence-corrected chi connectivity index (χ2v) is 4.87. The van der Waals surface area contributed by atoms with Crippen LogP contribution in [-0.4, -0.2) is 24.9 Å². The lowest BCUT2D eigenvalue weighted by Gasteiger charge is -2.08. The Kier molecular flexibility index (Phi) is 5.32. The van der Waals surface area contributed by atoms with Gasteiger partial charge in [0.05, 0.1) is 23.4 Å². The van der Waals surface area contributed by atoms with Gasteiger partial charge in [-0.25, -0.2) is 4.79 Å². The Morgan fingerprint density at radius 3 is 2.35 bits per heavy atom. The summed E-state index contributed by atoms with van der Waals surface area (Å²) in [5.41, 5.74) is 0.890. The van der Waals surface area contributed by atoms with Gasteiger partial charge < -0.3 is 15.4 Å². The molecule has 0 aromatic heterocycles. The van der Waals surface area contributed by atoms with Gasteiger partial charge in [0.1, 0.15) is 0 Å². The molecule has 0 saturated heterocycles. The monoisotopic (exact) mass is 332 g/mol. The summed E-state index contributed by atoms with van der Waals surface area (Å²) in [6, 6.07) is 12.6. The lowest BCUT2D eigenvalue weighted by molar-refractivity contribution is -0.132. The number of esters is 1. The molecular formula is C16H13ClN2O4. The minimum atomic E-state index is -0.882. The second-order valence-electron chi connectivity index (χ2n) is 4.46. The van der Waals surface area contributed by atoms with E-state index in [0.29, 0.717) is 16.4 Å². The van der Waals surface area contributed by atoms with Gasteiger partial charge in [-0.15, -0.1) is 0 Å². The van der Waals surface area contributed by atoms with Crippen molar-refractivity contribution in [1.82, 2.24) is 0 Å². The molecule has 0 bridgehead atoms. The van der Waals surface area contributed by atoms with Crippen LogP contribution in [0.5, 0.6) is 0 Å². The molecule has 0 radical (unpaired) electrons. The molecule has 23 heavy (non-hydrogen) atoms. The van der Waals surface area contributed by atoms with Crippen molar-refractivity contribution in [1.29, 1.82) is 0 Å². The van der Waals surface area contributed by atoms with Crippen LogP contribution in [0.4, 0.5) is 11.4 Å². The Hall–Kier alpha value is -2.86. The highest BCUT2D eigenvalue weighted by Gasteiger charge is 2.16. The zero-order valence-electron chi connectivity index (χ0n) is 12.1. The molecule has 0 spiro atoms. The average molecular weight is 333 g/mol. The summed E-state index contributed by atoms with van der Waals surface area (Å²) >= 11 is 5.91. The molecule has 2 N–H and O–H groups in total. The van der Waals surface area contributed by atoms with Gasteiger partial charge in [0, 0.05) is 5.69 Å². The van der Waals surface area contributed by atoms with Gasteiger partial charge in [-0.1, -0.05) is 29.8 Å². The van der Waals surface area contributed by atoms with Gasteiger partial charge in [-0.05, 0) is 30.3 Å². The highest BCUT2D eigenvalue weighted by molar-refractivity contribution is 6.44. The van der Waals surface area contributed by atoms with Crippen LogP contribution < -0.4 is 10.6 Å². The van der Waals surface area contributed by atoms with Crippen molar-refractivity contribution in [3.8, 4) is 0 Å². The largest absolute Gasteiger partial charge is 0.465 e. The van der Waals surface area contributed by atoms with Crippen LogP contribution >= 0.6 is 11.6 Å². The molecular weight excluding hydrogens is 320 g/mol. The average Bonchev–Trinajstić information content (AvgIpc) is 2.56. The highest BCUT2D eigenvalue weighted by atomic mass is 35.5. The number of para-hydroxylation sites is 1. The number of carbonyl (C=O) groups excluding carboxylic acids is 3. The van der Waals surface area contributed by atoms with Gasteiger partial charge >= 0.3 is 17.8 Å². The van der Waals surface area contributed by atoms with E-state index in [9.17, 15) is 14.4 Å². The quantitative estimate of drug-likeness (QED) is 0.668. The fourth-order valence-electron chi connectivity index (χ4n) is 1.77. The molecule has 2 rings (SSSR count). The van der Waals surface area contributed by atoms with Gasteiger partial charge in [0.2, 0.25) is 0 Å². The Labute approximate surface area is 137 Å². The van der Waals surface area contributed by atoms with E-state index in [1.165, 1.54) is 19.2 Å². The Balaban J connectivity index is 2.05. The van der Waals surface area contributed by atoms with Gasteiger partial charge in [-0.2, -0.15) is 0 Å². The molecule has 0 aliphatic rings. The van der Waals surface area contributed by atoms with Crippen molar-refractivity contribution in [2.24, 2.45) is 0 Å². The second kappa shape index (κ2) is 7.42. The molecule has 2 aromatic rings. The maximum atomic E-state index is 11.9. The van der Waals surface area contributed by atoms with E-state index in [2.05, 4.69) is 15.4 Å². The van der Waals surface area contributed by atoms with Crippen LogP contribution in [0.15, 0.2) is 48.5 Å². The van der Waals surface area contributed by atoms with Crippen LogP contribution in [0.3, 0.4) is 0 Å². The van der Waals surface area contributed by atoms with Crippen molar-refractivity contribution in [2.75, 3.05) is 17.7 Å². The summed E-state index contributed by atoms with van der Waals surface area (Å²) in [6.07, 6.45) is 0. The van der Waals surface area contributed by atoms with E-state index in [1.54, 1.807) is 36.4 Å². The van der Waals surface area contributed by atoms with Crippen molar-refractivity contribution in [3.63, 3.8) is 0 Å². The lowest BCUT2D eigenvalue weighted by Crippen LogP contribution is -2.29. The number of hydrogen-bond acceptors (Lipinski definition) is 4. The lowest BCUT2D eigenvalue weighted by atomic mass is 10.2. The van der Waals surface area contributed by atoms with Crippen molar-refractivity contribution >= 4 is 40.8 Å². The third kappa shape index (κ3) is 4.31. The summed E-state index contributed by atoms with van der Waals surface area (Å²) < 4.78 is 4.59. The van der Waals surface area contributed by atoms with Gasteiger partial charge in [0.25, 0.3) is 0 Å². The summed E-state index contributed by atoms with van der Waals surface area (Å²) in [5.74, 6) is -2.30. The summed E-state index contributed by atoms with van der Waals surface area (Å²) in [4.78, 5) is 35.2. The molecule has 2 aromatic carbocycles. The smallest absolute Gasteiger partial charge is 0.337 e. The molecule has 0 aliphatic heterocycles. The van der Waals surface area contributed by atoms with Crippen molar-refractivity contribution < 1.29 is 19.1 Å². The van der Waals surface area contributed by atoms with Gasteiger partial charge in [-0.3, -0.25) is 9.59 Å². The molecule has 2 amide bonds. The standard InChI is InChI=1S/C16H13ClN2O4/c1-23-16(22)10-5-4-6-11(9-10)18-14(20)15(21)19-13-8-3-2-7-12(13)17/h2-9H,1H3,(H,18,20)(H,19,21). The van der Waals surface area contributed by atoms with E-state index in [1.807, 2.05) is 0 Å². The fourth-order valence-corrected chi connectivity index (χ4v) is 1.95. The number of amides is 2. The maximum Gasteiger partial charge on any atom is 0.337 e. The molecule has 0 atom stereocenters. The van der Waals surface area contributed by atoms with E-state index < -0.39 is 17.8 Å². The molecule has 6 nitrogen and oxygen atoms in total. The number of hydrogen-bond donors (Lipinski definition) is 2. The van der Waals surface area contributed by atoms with E-state index in [0.717, 1.165) is 0 Å². The number of ether oxygens (including phenoxy) is 1. The molecule has 0 saturated carbocycles. The molecule has 0 heterocycles. The third-order valence-corrected chi connectivity index (χ3v) is 3.20. The number of anilines is 2. The first-order valence-corrected chi connectivity index (χ1v) is 6.94. The number of carbonyl (C=O) groups is 3. The van der Waals surface area contributed by atoms with E-state index in [-0.39, 0.29) is 5.56 Å². The van der Waals surface area contributed by atoms with Crippen LogP contribution in [-0.2, 0) is 14.3 Å². The number of rotatable bonds is 3. The molecule has 7 heteroatoms. The van der Waals surface area contributed by atoms with Gasteiger partial charge in [0.15, 0.2) is 0 Å². The SMILES string of the molecule is COC(=O)c1cccc(NC(=O)C(=O)Nc2ccccc2Cl)c1. The van der Waals surface area contributed by atoms with E-state index >= 15 is 0 Å². The Morgan fingerprint density at radius 1 is 0.957 bits per heavy atom. The zero-order valence-corrected chi connectivity index (χ0v) is 12.9. The first-order chi connectivity index (χ1) is 11.0. The van der Waals surface area contributed by atoms with E-state index in [4.69, 9.17) is 11.6 Å².